The molecule has 0 fully saturated rings. The van der Waals surface area contributed by atoms with Gasteiger partial charge in [-0.05, 0) is 48.6 Å². The second-order valence-electron chi connectivity index (χ2n) is 7.40. The third kappa shape index (κ3) is 3.42. The molecule has 1 aliphatic carbocycles. The molecule has 0 saturated carbocycles. The Bertz CT molecular complexity index is 934. The molecule has 0 amide bonds. The zero-order chi connectivity index (χ0) is 20.5. The monoisotopic (exact) mass is 381 g/mol. The Balaban J connectivity index is 1.90. The first-order valence-electron chi connectivity index (χ1n) is 9.37. The SMILES string of the molecule is CCOC(=O)C(C)C1(C)CCc2cc(-c3ccc([N+](=O)[O-])cc3)ccc2C1=O. The van der Waals surface area contributed by atoms with Crippen LogP contribution in [0.3, 0.4) is 0 Å². The van der Waals surface area contributed by atoms with E-state index in [0.717, 1.165) is 16.7 Å². The van der Waals surface area contributed by atoms with Crippen molar-refractivity contribution in [1.29, 1.82) is 0 Å². The molecular weight excluding hydrogens is 358 g/mol. The van der Waals surface area contributed by atoms with Crippen molar-refractivity contribution in [2.45, 2.75) is 33.6 Å². The number of aryl methyl sites for hydroxylation is 1. The fourth-order valence-corrected chi connectivity index (χ4v) is 3.73. The van der Waals surface area contributed by atoms with E-state index in [-0.39, 0.29) is 17.4 Å². The van der Waals surface area contributed by atoms with Crippen LogP contribution in [0.4, 0.5) is 5.69 Å². The molecule has 0 N–H and O–H groups in total. The highest BCUT2D eigenvalue weighted by atomic mass is 16.6. The molecular formula is C22H23NO5. The van der Waals surface area contributed by atoms with E-state index in [1.54, 1.807) is 32.0 Å². The van der Waals surface area contributed by atoms with Crippen LogP contribution in [-0.2, 0) is 16.0 Å². The van der Waals surface area contributed by atoms with Crippen LogP contribution in [0, 0.1) is 21.4 Å². The predicted molar refractivity (Wildman–Crippen MR) is 105 cm³/mol. The smallest absolute Gasteiger partial charge is 0.309 e. The molecule has 146 valence electrons. The third-order valence-corrected chi connectivity index (χ3v) is 5.79. The molecule has 1 aliphatic rings. The molecule has 2 aromatic carbocycles. The van der Waals surface area contributed by atoms with Gasteiger partial charge in [0, 0.05) is 23.1 Å². The van der Waals surface area contributed by atoms with Crippen LogP contribution in [0.1, 0.15) is 43.1 Å². The topological polar surface area (TPSA) is 86.5 Å². The van der Waals surface area contributed by atoms with Gasteiger partial charge < -0.3 is 4.74 Å². The summed E-state index contributed by atoms with van der Waals surface area (Å²) in [6.07, 6.45) is 1.25. The van der Waals surface area contributed by atoms with E-state index < -0.39 is 16.3 Å². The molecule has 0 spiro atoms. The van der Waals surface area contributed by atoms with Gasteiger partial charge in [-0.25, -0.2) is 0 Å². The lowest BCUT2D eigenvalue weighted by molar-refractivity contribution is -0.384. The van der Waals surface area contributed by atoms with Gasteiger partial charge in [0.15, 0.2) is 5.78 Å². The average Bonchev–Trinajstić information content (AvgIpc) is 2.70. The number of Topliss-reactive ketones (excluding diaryl/α,β-unsaturated/α-hetero) is 1. The minimum Gasteiger partial charge on any atom is -0.466 e. The van der Waals surface area contributed by atoms with E-state index in [1.807, 2.05) is 19.1 Å². The van der Waals surface area contributed by atoms with Gasteiger partial charge in [-0.15, -0.1) is 0 Å². The number of fused-ring (bicyclic) bond motifs is 1. The van der Waals surface area contributed by atoms with Gasteiger partial charge in [0.1, 0.15) is 0 Å². The molecule has 2 unspecified atom stereocenters. The van der Waals surface area contributed by atoms with Crippen LogP contribution in [-0.4, -0.2) is 23.3 Å². The number of hydrogen-bond donors (Lipinski definition) is 0. The first-order chi connectivity index (χ1) is 13.3. The summed E-state index contributed by atoms with van der Waals surface area (Å²) in [4.78, 5) is 35.8. The zero-order valence-electron chi connectivity index (χ0n) is 16.2. The van der Waals surface area contributed by atoms with E-state index in [4.69, 9.17) is 4.74 Å². The molecule has 2 atom stereocenters. The lowest BCUT2D eigenvalue weighted by Crippen LogP contribution is -2.42. The van der Waals surface area contributed by atoms with Crippen molar-refractivity contribution in [2.75, 3.05) is 6.61 Å². The maximum atomic E-state index is 13.2. The quantitative estimate of drug-likeness (QED) is 0.429. The molecule has 28 heavy (non-hydrogen) atoms. The summed E-state index contributed by atoms with van der Waals surface area (Å²) >= 11 is 0. The molecule has 0 radical (unpaired) electrons. The number of ether oxygens (including phenoxy) is 1. The molecule has 0 saturated heterocycles. The first-order valence-corrected chi connectivity index (χ1v) is 9.37. The zero-order valence-corrected chi connectivity index (χ0v) is 16.2. The second kappa shape index (κ2) is 7.54. The number of nitrogens with zero attached hydrogens (tertiary/aromatic N) is 1. The third-order valence-electron chi connectivity index (χ3n) is 5.79. The summed E-state index contributed by atoms with van der Waals surface area (Å²) in [5.74, 6) is -0.892. The summed E-state index contributed by atoms with van der Waals surface area (Å²) in [5, 5.41) is 10.8. The maximum Gasteiger partial charge on any atom is 0.309 e. The number of benzene rings is 2. The Hall–Kier alpha value is -3.02. The van der Waals surface area contributed by atoms with Crippen LogP contribution >= 0.6 is 0 Å². The van der Waals surface area contributed by atoms with Gasteiger partial charge >= 0.3 is 5.97 Å². The van der Waals surface area contributed by atoms with E-state index in [0.29, 0.717) is 25.0 Å². The van der Waals surface area contributed by atoms with Crippen LogP contribution in [0.25, 0.3) is 11.1 Å². The summed E-state index contributed by atoms with van der Waals surface area (Å²) < 4.78 is 5.12. The fourth-order valence-electron chi connectivity index (χ4n) is 3.73. The molecule has 0 bridgehead atoms. The standard InChI is InChI=1S/C22H23NO5/c1-4-28-21(25)14(2)22(3)12-11-17-13-16(7-10-19(17)20(22)24)15-5-8-18(9-6-15)23(26)27/h5-10,13-14H,4,11-12H2,1-3H3. The largest absolute Gasteiger partial charge is 0.466 e. The van der Waals surface area contributed by atoms with Crippen LogP contribution in [0.5, 0.6) is 0 Å². The lowest BCUT2D eigenvalue weighted by Gasteiger charge is -2.37. The molecule has 2 aromatic rings. The van der Waals surface area contributed by atoms with E-state index >= 15 is 0 Å². The summed E-state index contributed by atoms with van der Waals surface area (Å²) in [6.45, 7) is 5.64. The Labute approximate surface area is 163 Å². The Morgan fingerprint density at radius 3 is 2.46 bits per heavy atom. The van der Waals surface area contributed by atoms with Gasteiger partial charge in [0.2, 0.25) is 0 Å². The van der Waals surface area contributed by atoms with Crippen LogP contribution in [0.15, 0.2) is 42.5 Å². The highest BCUT2D eigenvalue weighted by Gasteiger charge is 2.46. The van der Waals surface area contributed by atoms with E-state index in [2.05, 4.69) is 0 Å². The predicted octanol–water partition coefficient (Wildman–Crippen LogP) is 4.60. The van der Waals surface area contributed by atoms with Gasteiger partial charge in [-0.2, -0.15) is 0 Å². The van der Waals surface area contributed by atoms with Gasteiger partial charge in [0.25, 0.3) is 5.69 Å². The summed E-state index contributed by atoms with van der Waals surface area (Å²) in [6, 6.07) is 12.0. The molecule has 3 rings (SSSR count). The first kappa shape index (κ1) is 19.7. The number of carbonyl (C=O) groups excluding carboxylic acids is 2. The summed E-state index contributed by atoms with van der Waals surface area (Å²) in [7, 11) is 0. The number of ketones is 1. The number of nitro groups is 1. The fraction of sp³-hybridized carbons (Fsp3) is 0.364. The molecule has 6 heteroatoms. The molecule has 0 aliphatic heterocycles. The number of non-ortho nitro benzene ring substituents is 1. The van der Waals surface area contributed by atoms with E-state index in [9.17, 15) is 19.7 Å². The highest BCUT2D eigenvalue weighted by molar-refractivity contribution is 6.05. The van der Waals surface area contributed by atoms with Crippen molar-refractivity contribution in [3.63, 3.8) is 0 Å². The van der Waals surface area contributed by atoms with Crippen LogP contribution in [0.2, 0.25) is 0 Å². The molecule has 6 nitrogen and oxygen atoms in total. The van der Waals surface area contributed by atoms with Gasteiger partial charge in [-0.3, -0.25) is 19.7 Å². The van der Waals surface area contributed by atoms with Crippen molar-refractivity contribution in [3.05, 3.63) is 63.7 Å². The van der Waals surface area contributed by atoms with Gasteiger partial charge in [0.05, 0.1) is 17.4 Å². The van der Waals surface area contributed by atoms with E-state index in [1.165, 1.54) is 12.1 Å². The number of nitro benzene ring substituents is 1. The second-order valence-corrected chi connectivity index (χ2v) is 7.40. The van der Waals surface area contributed by atoms with Crippen molar-refractivity contribution in [1.82, 2.24) is 0 Å². The van der Waals surface area contributed by atoms with Crippen molar-refractivity contribution < 1.29 is 19.2 Å². The molecule has 0 heterocycles. The normalized spacial score (nSPS) is 19.6. The Kier molecular flexibility index (Phi) is 5.31. The molecule has 0 aromatic heterocycles. The summed E-state index contributed by atoms with van der Waals surface area (Å²) in [5.41, 5.74) is 2.59. The van der Waals surface area contributed by atoms with Crippen molar-refractivity contribution in [3.8, 4) is 11.1 Å². The maximum absolute atomic E-state index is 13.2. The Morgan fingerprint density at radius 1 is 1.21 bits per heavy atom. The number of hydrogen-bond acceptors (Lipinski definition) is 5. The Morgan fingerprint density at radius 2 is 1.86 bits per heavy atom. The highest BCUT2D eigenvalue weighted by Crippen LogP contribution is 2.42. The number of esters is 1. The van der Waals surface area contributed by atoms with Gasteiger partial charge in [-0.1, -0.05) is 32.0 Å². The van der Waals surface area contributed by atoms with Crippen molar-refractivity contribution in [2.24, 2.45) is 11.3 Å². The van der Waals surface area contributed by atoms with Crippen LogP contribution < -0.4 is 0 Å². The minimum absolute atomic E-state index is 0.0375. The minimum atomic E-state index is -0.784. The number of carbonyl (C=O) groups is 2. The number of rotatable bonds is 5. The lowest BCUT2D eigenvalue weighted by atomic mass is 9.65. The average molecular weight is 381 g/mol. The van der Waals surface area contributed by atoms with Crippen molar-refractivity contribution >= 4 is 17.4 Å².